The first-order valence-electron chi connectivity index (χ1n) is 10.5. The van der Waals surface area contributed by atoms with Crippen LogP contribution in [-0.2, 0) is 13.0 Å². The minimum absolute atomic E-state index is 0.0167. The van der Waals surface area contributed by atoms with Crippen LogP contribution in [-0.4, -0.2) is 58.5 Å². The molecule has 3 aliphatic rings. The topological polar surface area (TPSA) is 71.8 Å². The Labute approximate surface area is 174 Å². The van der Waals surface area contributed by atoms with Gasteiger partial charge in [-0.3, -0.25) is 19.3 Å². The number of Topliss-reactive ketones (excluding diaryl/α,β-unsaturated/α-hetero) is 1. The number of pyridine rings is 1. The van der Waals surface area contributed by atoms with Gasteiger partial charge in [-0.2, -0.15) is 0 Å². The second-order valence-corrected chi connectivity index (χ2v) is 8.29. The monoisotopic (exact) mass is 407 g/mol. The van der Waals surface area contributed by atoms with E-state index in [1.165, 1.54) is 7.11 Å². The molecule has 0 N–H and O–H groups in total. The number of carbonyl (C=O) groups is 2. The summed E-state index contributed by atoms with van der Waals surface area (Å²) in [6.45, 7) is 2.22. The average molecular weight is 407 g/mol. The van der Waals surface area contributed by atoms with Crippen LogP contribution < -0.4 is 10.2 Å². The number of aromatic nitrogens is 1. The molecule has 156 valence electrons. The lowest BCUT2D eigenvalue weighted by atomic mass is 10.0. The first-order chi connectivity index (χ1) is 14.6. The van der Waals surface area contributed by atoms with Crippen molar-refractivity contribution in [1.82, 2.24) is 14.4 Å². The quantitative estimate of drug-likeness (QED) is 0.709. The Kier molecular flexibility index (Phi) is 4.70. The molecule has 0 bridgehead atoms. The molecule has 5 rings (SSSR count). The summed E-state index contributed by atoms with van der Waals surface area (Å²) < 4.78 is 7.13. The Hall–Kier alpha value is -2.93. The lowest BCUT2D eigenvalue weighted by Crippen LogP contribution is -2.50. The predicted octanol–water partition coefficient (Wildman–Crippen LogP) is 1.93. The van der Waals surface area contributed by atoms with Gasteiger partial charge in [-0.1, -0.05) is 30.3 Å². The van der Waals surface area contributed by atoms with Crippen LogP contribution in [0.25, 0.3) is 0 Å². The van der Waals surface area contributed by atoms with Gasteiger partial charge in [0.25, 0.3) is 5.91 Å². The van der Waals surface area contributed by atoms with Gasteiger partial charge in [0.15, 0.2) is 17.2 Å². The number of amides is 1. The third-order valence-electron chi connectivity index (χ3n) is 6.62. The Morgan fingerprint density at radius 2 is 1.97 bits per heavy atom. The molecule has 0 radical (unpaired) electrons. The molecule has 2 fully saturated rings. The molecule has 2 aromatic rings. The molecular formula is C23H25N3O4. The summed E-state index contributed by atoms with van der Waals surface area (Å²) in [6, 6.07) is 10.1. The zero-order chi connectivity index (χ0) is 20.8. The maximum Gasteiger partial charge on any atom is 0.275 e. The number of rotatable bonds is 5. The van der Waals surface area contributed by atoms with Crippen LogP contribution in [0.1, 0.15) is 45.7 Å². The van der Waals surface area contributed by atoms with Crippen LogP contribution in [0.2, 0.25) is 0 Å². The number of ketones is 1. The summed E-state index contributed by atoms with van der Waals surface area (Å²) in [7, 11) is 1.39. The van der Waals surface area contributed by atoms with Crippen LogP contribution in [0.5, 0.6) is 5.75 Å². The number of nitrogens with zero attached hydrogens (tertiary/aromatic N) is 3. The predicted molar refractivity (Wildman–Crippen MR) is 111 cm³/mol. The second-order valence-electron chi connectivity index (χ2n) is 8.29. The summed E-state index contributed by atoms with van der Waals surface area (Å²) in [5.74, 6) is -0.424. The number of methoxy groups -OCH3 is 1. The fourth-order valence-corrected chi connectivity index (χ4v) is 5.14. The van der Waals surface area contributed by atoms with Gasteiger partial charge >= 0.3 is 0 Å². The molecule has 2 saturated heterocycles. The number of ether oxygens (including phenoxy) is 1. The number of fused-ring (bicyclic) bond motifs is 4. The van der Waals surface area contributed by atoms with Crippen molar-refractivity contribution in [2.45, 2.75) is 44.4 Å². The van der Waals surface area contributed by atoms with E-state index >= 15 is 0 Å². The lowest BCUT2D eigenvalue weighted by molar-refractivity contribution is 0.0513. The molecule has 7 nitrogen and oxygen atoms in total. The van der Waals surface area contributed by atoms with Crippen molar-refractivity contribution in [3.05, 3.63) is 63.6 Å². The minimum Gasteiger partial charge on any atom is -0.491 e. The van der Waals surface area contributed by atoms with E-state index in [-0.39, 0.29) is 41.3 Å². The molecule has 0 spiro atoms. The van der Waals surface area contributed by atoms with E-state index in [0.717, 1.165) is 24.9 Å². The molecule has 0 unspecified atom stereocenters. The van der Waals surface area contributed by atoms with Crippen molar-refractivity contribution in [3.63, 3.8) is 0 Å². The van der Waals surface area contributed by atoms with Gasteiger partial charge < -0.3 is 14.2 Å². The maximum atomic E-state index is 13.2. The Balaban J connectivity index is 1.48. The van der Waals surface area contributed by atoms with Crippen LogP contribution >= 0.6 is 0 Å². The van der Waals surface area contributed by atoms with Gasteiger partial charge in [-0.25, -0.2) is 0 Å². The first kappa shape index (κ1) is 19.1. The smallest absolute Gasteiger partial charge is 0.275 e. The summed E-state index contributed by atoms with van der Waals surface area (Å²) in [4.78, 5) is 43.4. The van der Waals surface area contributed by atoms with E-state index in [2.05, 4.69) is 4.90 Å². The number of benzene rings is 1. The van der Waals surface area contributed by atoms with E-state index in [1.807, 2.05) is 35.2 Å². The molecule has 1 amide bonds. The number of aryl methyl sites for hydroxylation is 1. The molecular weight excluding hydrogens is 382 g/mol. The van der Waals surface area contributed by atoms with Gasteiger partial charge in [-0.15, -0.1) is 0 Å². The van der Waals surface area contributed by atoms with E-state index in [4.69, 9.17) is 4.74 Å². The van der Waals surface area contributed by atoms with Crippen molar-refractivity contribution in [1.29, 1.82) is 0 Å². The summed E-state index contributed by atoms with van der Waals surface area (Å²) in [6.07, 6.45) is 4.60. The van der Waals surface area contributed by atoms with Crippen molar-refractivity contribution in [2.75, 3.05) is 20.2 Å². The summed E-state index contributed by atoms with van der Waals surface area (Å²) >= 11 is 0. The third-order valence-corrected chi connectivity index (χ3v) is 6.62. The second kappa shape index (κ2) is 7.40. The molecule has 4 heterocycles. The molecule has 0 saturated carbocycles. The van der Waals surface area contributed by atoms with Gasteiger partial charge in [0.1, 0.15) is 6.17 Å². The number of hydrogen-bond acceptors (Lipinski definition) is 5. The Morgan fingerprint density at radius 1 is 1.17 bits per heavy atom. The molecule has 1 aromatic heterocycles. The Morgan fingerprint density at radius 3 is 2.73 bits per heavy atom. The standard InChI is InChI=1S/C23H25N3O4/c1-30-22-20-23(29)26-12-16-8-5-11-25(16)19(26)14-24(20)13-17(21(22)28)18(27)10-9-15-6-3-2-4-7-15/h2-4,6-7,13,16,19H,5,8-12,14H2,1H3/t16-,19+/m1/s1. The average Bonchev–Trinajstić information content (AvgIpc) is 3.35. The highest BCUT2D eigenvalue weighted by Crippen LogP contribution is 2.35. The Bertz CT molecular complexity index is 1060. The molecule has 7 heteroatoms. The van der Waals surface area contributed by atoms with Crippen molar-refractivity contribution < 1.29 is 14.3 Å². The van der Waals surface area contributed by atoms with Crippen LogP contribution in [0.15, 0.2) is 41.3 Å². The van der Waals surface area contributed by atoms with Gasteiger partial charge in [-0.05, 0) is 24.8 Å². The fourth-order valence-electron chi connectivity index (χ4n) is 5.14. The molecule has 0 aliphatic carbocycles. The van der Waals surface area contributed by atoms with E-state index in [9.17, 15) is 14.4 Å². The largest absolute Gasteiger partial charge is 0.491 e. The fraction of sp³-hybridized carbons (Fsp3) is 0.435. The first-order valence-corrected chi connectivity index (χ1v) is 10.5. The zero-order valence-electron chi connectivity index (χ0n) is 17.0. The SMILES string of the molecule is COc1c2n(cc(C(=O)CCc3ccccc3)c1=O)C[C@@H]1N(C[C@H]3CCCN31)C2=O. The lowest BCUT2D eigenvalue weighted by Gasteiger charge is -2.36. The third kappa shape index (κ3) is 2.96. The van der Waals surface area contributed by atoms with E-state index in [0.29, 0.717) is 25.6 Å². The van der Waals surface area contributed by atoms with E-state index < -0.39 is 5.43 Å². The van der Waals surface area contributed by atoms with Crippen LogP contribution in [0.3, 0.4) is 0 Å². The summed E-state index contributed by atoms with van der Waals surface area (Å²) in [5, 5.41) is 0. The van der Waals surface area contributed by atoms with Crippen molar-refractivity contribution in [2.24, 2.45) is 0 Å². The highest BCUT2D eigenvalue weighted by atomic mass is 16.5. The van der Waals surface area contributed by atoms with Crippen molar-refractivity contribution >= 4 is 11.7 Å². The number of carbonyl (C=O) groups excluding carboxylic acids is 2. The highest BCUT2D eigenvalue weighted by Gasteiger charge is 2.48. The van der Waals surface area contributed by atoms with Gasteiger partial charge in [0, 0.05) is 31.7 Å². The molecule has 1 aromatic carbocycles. The van der Waals surface area contributed by atoms with Gasteiger partial charge in [0.05, 0.1) is 19.2 Å². The normalized spacial score (nSPS) is 22.6. The number of hydrogen-bond donors (Lipinski definition) is 0. The van der Waals surface area contributed by atoms with Crippen molar-refractivity contribution in [3.8, 4) is 5.75 Å². The molecule has 3 aliphatic heterocycles. The molecule has 2 atom stereocenters. The highest BCUT2D eigenvalue weighted by molar-refractivity contribution is 6.00. The molecule has 30 heavy (non-hydrogen) atoms. The minimum atomic E-state index is -0.492. The van der Waals surface area contributed by atoms with Crippen LogP contribution in [0.4, 0.5) is 0 Å². The van der Waals surface area contributed by atoms with Crippen LogP contribution in [0, 0.1) is 0 Å². The van der Waals surface area contributed by atoms with Gasteiger partial charge in [0.2, 0.25) is 5.43 Å². The zero-order valence-corrected chi connectivity index (χ0v) is 17.0. The van der Waals surface area contributed by atoms with E-state index in [1.54, 1.807) is 10.8 Å². The maximum absolute atomic E-state index is 13.2. The summed E-state index contributed by atoms with van der Waals surface area (Å²) in [5.41, 5.74) is 0.921.